The van der Waals surface area contributed by atoms with E-state index in [4.69, 9.17) is 9.15 Å². The van der Waals surface area contributed by atoms with Crippen LogP contribution in [0, 0.1) is 20.8 Å². The van der Waals surface area contributed by atoms with E-state index in [1.165, 1.54) is 11.8 Å². The molecule has 4 aromatic rings. The summed E-state index contributed by atoms with van der Waals surface area (Å²) < 4.78 is 15.6. The van der Waals surface area contributed by atoms with Crippen LogP contribution in [-0.2, 0) is 17.8 Å². The minimum Gasteiger partial charge on any atom is -0.467 e. The van der Waals surface area contributed by atoms with Crippen molar-refractivity contribution in [1.29, 1.82) is 0 Å². The van der Waals surface area contributed by atoms with E-state index < -0.39 is 0 Å². The molecule has 4 heterocycles. The fraction of sp³-hybridized carbons (Fsp3) is 0.370. The Hall–Kier alpha value is -3.10. The lowest BCUT2D eigenvalue weighted by molar-refractivity contribution is 0.0957. The maximum Gasteiger partial charge on any atom is 0.192 e. The number of carbonyl (C=O) groups excluding carboxylic acids is 1. The van der Waals surface area contributed by atoms with Gasteiger partial charge in [-0.25, -0.2) is 0 Å². The third kappa shape index (κ3) is 5.13. The molecule has 1 atom stereocenters. The van der Waals surface area contributed by atoms with Crippen molar-refractivity contribution in [2.45, 2.75) is 58.0 Å². The van der Waals surface area contributed by atoms with Gasteiger partial charge in [0, 0.05) is 35.7 Å². The third-order valence-electron chi connectivity index (χ3n) is 6.50. The number of furan rings is 1. The fourth-order valence-corrected chi connectivity index (χ4v) is 5.48. The van der Waals surface area contributed by atoms with E-state index in [-0.39, 0.29) is 17.6 Å². The molecule has 7 nitrogen and oxygen atoms in total. The van der Waals surface area contributed by atoms with Gasteiger partial charge in [-0.1, -0.05) is 35.5 Å². The largest absolute Gasteiger partial charge is 0.467 e. The van der Waals surface area contributed by atoms with Gasteiger partial charge in [-0.15, -0.1) is 10.2 Å². The predicted octanol–water partition coefficient (Wildman–Crippen LogP) is 5.47. The highest BCUT2D eigenvalue weighted by atomic mass is 32.2. The van der Waals surface area contributed by atoms with Gasteiger partial charge in [-0.3, -0.25) is 9.36 Å². The van der Waals surface area contributed by atoms with Crippen LogP contribution in [-0.4, -0.2) is 43.6 Å². The molecule has 0 saturated carbocycles. The Morgan fingerprint density at radius 1 is 1.11 bits per heavy atom. The van der Waals surface area contributed by atoms with Gasteiger partial charge in [-0.2, -0.15) is 0 Å². The molecule has 0 radical (unpaired) electrons. The lowest BCUT2D eigenvalue weighted by atomic mass is 10.1. The first-order chi connectivity index (χ1) is 17.0. The number of Topliss-reactive ketones (excluding diaryl/α,β-unsaturated/α-hetero) is 1. The van der Waals surface area contributed by atoms with Crippen LogP contribution >= 0.6 is 11.8 Å². The van der Waals surface area contributed by atoms with Crippen molar-refractivity contribution in [2.75, 3.05) is 12.4 Å². The monoisotopic (exact) mass is 490 g/mol. The molecule has 1 saturated heterocycles. The maximum atomic E-state index is 13.2. The molecular formula is C27H30N4O3S. The van der Waals surface area contributed by atoms with Crippen LogP contribution < -0.4 is 0 Å². The second-order valence-electron chi connectivity index (χ2n) is 9.08. The Morgan fingerprint density at radius 2 is 2.00 bits per heavy atom. The summed E-state index contributed by atoms with van der Waals surface area (Å²) in [5.74, 6) is 1.94. The molecule has 1 aliphatic heterocycles. The van der Waals surface area contributed by atoms with Gasteiger partial charge < -0.3 is 13.7 Å². The molecule has 1 fully saturated rings. The molecule has 0 bridgehead atoms. The summed E-state index contributed by atoms with van der Waals surface area (Å²) in [5, 5.41) is 9.61. The third-order valence-corrected chi connectivity index (χ3v) is 7.47. The average molecular weight is 491 g/mol. The number of aryl methyl sites for hydroxylation is 2. The van der Waals surface area contributed by atoms with Crippen molar-refractivity contribution in [3.63, 3.8) is 0 Å². The molecule has 5 rings (SSSR count). The number of nitrogens with zero attached hydrogens (tertiary/aromatic N) is 4. The van der Waals surface area contributed by atoms with Crippen molar-refractivity contribution in [1.82, 2.24) is 19.3 Å². The van der Waals surface area contributed by atoms with E-state index in [1.807, 2.05) is 41.8 Å². The van der Waals surface area contributed by atoms with Crippen molar-refractivity contribution in [2.24, 2.45) is 0 Å². The molecule has 0 amide bonds. The zero-order valence-electron chi connectivity index (χ0n) is 20.4. The van der Waals surface area contributed by atoms with Gasteiger partial charge in [-0.05, 0) is 57.9 Å². The second-order valence-corrected chi connectivity index (χ2v) is 10.0. The first kappa shape index (κ1) is 23.6. The highest BCUT2D eigenvalue weighted by molar-refractivity contribution is 7.99. The molecule has 1 aliphatic rings. The van der Waals surface area contributed by atoms with Gasteiger partial charge in [0.15, 0.2) is 16.8 Å². The Balaban J connectivity index is 1.36. The van der Waals surface area contributed by atoms with E-state index in [1.54, 1.807) is 6.26 Å². The molecule has 1 aromatic carbocycles. The fourth-order valence-electron chi connectivity index (χ4n) is 4.66. The van der Waals surface area contributed by atoms with Gasteiger partial charge >= 0.3 is 0 Å². The standard InChI is InChI=1S/C27H30N4O3S/c1-18-7-4-8-21(13-18)26-28-29-27(31(26)16-23-10-6-12-34-23)35-17-25(32)24-14-19(2)30(20(24)3)15-22-9-5-11-33-22/h4,6-8,10,12-14,22H,5,9,11,15-17H2,1-3H3/t22-/m0/s1. The Labute approximate surface area is 209 Å². The van der Waals surface area contributed by atoms with E-state index in [2.05, 4.69) is 40.7 Å². The van der Waals surface area contributed by atoms with Crippen LogP contribution in [0.4, 0.5) is 0 Å². The van der Waals surface area contributed by atoms with E-state index in [0.29, 0.717) is 11.7 Å². The minimum absolute atomic E-state index is 0.0892. The summed E-state index contributed by atoms with van der Waals surface area (Å²) in [7, 11) is 0. The van der Waals surface area contributed by atoms with Gasteiger partial charge in [0.2, 0.25) is 0 Å². The molecule has 8 heteroatoms. The average Bonchev–Trinajstić information content (AvgIpc) is 3.65. The molecule has 0 aliphatic carbocycles. The SMILES string of the molecule is Cc1cccc(-c2nnc(SCC(=O)c3cc(C)n(C[C@@H]4CCCO4)c3C)n2Cc2ccco2)c1. The van der Waals surface area contributed by atoms with Crippen molar-refractivity contribution in [3.05, 3.63) is 77.0 Å². The second kappa shape index (κ2) is 10.3. The number of ketones is 1. The van der Waals surface area contributed by atoms with Crippen molar-refractivity contribution >= 4 is 17.5 Å². The molecule has 3 aromatic heterocycles. The number of benzene rings is 1. The topological polar surface area (TPSA) is 75.1 Å². The highest BCUT2D eigenvalue weighted by Crippen LogP contribution is 2.28. The Bertz CT molecular complexity index is 1320. The van der Waals surface area contributed by atoms with Gasteiger partial charge in [0.25, 0.3) is 0 Å². The summed E-state index contributed by atoms with van der Waals surface area (Å²) >= 11 is 1.41. The van der Waals surface area contributed by atoms with Crippen molar-refractivity contribution < 1.29 is 13.9 Å². The number of rotatable bonds is 9. The van der Waals surface area contributed by atoms with Gasteiger partial charge in [0.05, 0.1) is 24.7 Å². The summed E-state index contributed by atoms with van der Waals surface area (Å²) in [6.45, 7) is 8.26. The minimum atomic E-state index is 0.0892. The molecule has 0 spiro atoms. The lowest BCUT2D eigenvalue weighted by Crippen LogP contribution is -2.17. The number of thioether (sulfide) groups is 1. The van der Waals surface area contributed by atoms with Crippen molar-refractivity contribution in [3.8, 4) is 11.4 Å². The van der Waals surface area contributed by atoms with Crippen LogP contribution in [0.25, 0.3) is 11.4 Å². The number of hydrogen-bond donors (Lipinski definition) is 0. The number of aromatic nitrogens is 4. The Morgan fingerprint density at radius 3 is 2.74 bits per heavy atom. The highest BCUT2D eigenvalue weighted by Gasteiger charge is 2.22. The number of hydrogen-bond acceptors (Lipinski definition) is 6. The summed E-state index contributed by atoms with van der Waals surface area (Å²) in [6.07, 6.45) is 4.08. The quantitative estimate of drug-likeness (QED) is 0.229. The van der Waals surface area contributed by atoms with Gasteiger partial charge in [0.1, 0.15) is 5.76 Å². The van der Waals surface area contributed by atoms with E-state index in [0.717, 1.165) is 65.7 Å². The first-order valence-corrected chi connectivity index (χ1v) is 12.9. The van der Waals surface area contributed by atoms with E-state index in [9.17, 15) is 4.79 Å². The first-order valence-electron chi connectivity index (χ1n) is 12.0. The normalized spacial score (nSPS) is 15.7. The van der Waals surface area contributed by atoms with Crippen LogP contribution in [0.2, 0.25) is 0 Å². The molecule has 0 unspecified atom stereocenters. The van der Waals surface area contributed by atoms with E-state index >= 15 is 0 Å². The number of carbonyl (C=O) groups is 1. The Kier molecular flexibility index (Phi) is 6.92. The van der Waals surface area contributed by atoms with Crippen LogP contribution in [0.15, 0.2) is 58.3 Å². The van der Waals surface area contributed by atoms with Crippen LogP contribution in [0.3, 0.4) is 0 Å². The molecule has 0 N–H and O–H groups in total. The number of ether oxygens (including phenoxy) is 1. The molecular weight excluding hydrogens is 460 g/mol. The zero-order chi connectivity index (χ0) is 24.4. The van der Waals surface area contributed by atoms with Crippen LogP contribution in [0.1, 0.15) is 45.9 Å². The zero-order valence-corrected chi connectivity index (χ0v) is 21.2. The maximum absolute atomic E-state index is 13.2. The predicted molar refractivity (Wildman–Crippen MR) is 136 cm³/mol. The molecule has 182 valence electrons. The smallest absolute Gasteiger partial charge is 0.192 e. The summed E-state index contributed by atoms with van der Waals surface area (Å²) in [6, 6.07) is 14.0. The summed E-state index contributed by atoms with van der Waals surface area (Å²) in [5.41, 5.74) is 5.00. The summed E-state index contributed by atoms with van der Waals surface area (Å²) in [4.78, 5) is 13.2. The van der Waals surface area contributed by atoms with Crippen LogP contribution in [0.5, 0.6) is 0 Å². The molecule has 35 heavy (non-hydrogen) atoms. The lowest BCUT2D eigenvalue weighted by Gasteiger charge is -2.14.